The number of aliphatic imine (C=N–C) groups is 1. The van der Waals surface area contributed by atoms with Crippen molar-refractivity contribution in [2.45, 2.75) is 0 Å². The van der Waals surface area contributed by atoms with Gasteiger partial charge in [0.05, 0.1) is 25.6 Å². The molecule has 0 radical (unpaired) electrons. The third-order valence-electron chi connectivity index (χ3n) is 4.46. The Bertz CT molecular complexity index is 1320. The number of furan rings is 1. The largest absolute Gasteiger partial charge is 0.457 e. The van der Waals surface area contributed by atoms with E-state index in [0.717, 1.165) is 4.47 Å². The molecule has 1 aliphatic rings. The number of nitrogens with zero attached hydrogens (tertiary/aromatic N) is 3. The molecule has 0 aliphatic carbocycles. The number of nitro benzene ring substituents is 1. The van der Waals surface area contributed by atoms with Crippen molar-refractivity contribution < 1.29 is 14.1 Å². The zero-order valence-electron chi connectivity index (χ0n) is 16.2. The van der Waals surface area contributed by atoms with Crippen molar-refractivity contribution in [3.63, 3.8) is 0 Å². The van der Waals surface area contributed by atoms with Crippen LogP contribution in [0, 0.1) is 10.1 Å². The van der Waals surface area contributed by atoms with Gasteiger partial charge in [-0.1, -0.05) is 23.2 Å². The summed E-state index contributed by atoms with van der Waals surface area (Å²) in [4.78, 5) is 29.6. The zero-order chi connectivity index (χ0) is 23.0. The average Bonchev–Trinajstić information content (AvgIpc) is 3.32. The second kappa shape index (κ2) is 9.11. The van der Waals surface area contributed by atoms with Crippen molar-refractivity contribution in [2.24, 2.45) is 4.99 Å². The van der Waals surface area contributed by atoms with Gasteiger partial charge in [-0.3, -0.25) is 19.8 Å². The van der Waals surface area contributed by atoms with Crippen molar-refractivity contribution in [2.75, 3.05) is 7.05 Å². The summed E-state index contributed by atoms with van der Waals surface area (Å²) in [5.41, 5.74) is 0.905. The predicted molar refractivity (Wildman–Crippen MR) is 130 cm³/mol. The lowest BCUT2D eigenvalue weighted by Crippen LogP contribution is -2.23. The SMILES string of the molecule is CN1C(=O)/C(=C/c2ccc(-c3cc([N+](=O)[O-])ccc3Cl)o2)SC1=Nc1ccc(Br)c(Cl)c1. The molecule has 0 N–H and O–H groups in total. The van der Waals surface area contributed by atoms with Crippen LogP contribution in [0.2, 0.25) is 10.0 Å². The molecule has 32 heavy (non-hydrogen) atoms. The van der Waals surface area contributed by atoms with Gasteiger partial charge in [0.25, 0.3) is 11.6 Å². The van der Waals surface area contributed by atoms with E-state index in [2.05, 4.69) is 20.9 Å². The summed E-state index contributed by atoms with van der Waals surface area (Å²) in [7, 11) is 1.63. The van der Waals surface area contributed by atoms with E-state index < -0.39 is 4.92 Å². The molecule has 2 aromatic carbocycles. The quantitative estimate of drug-likeness (QED) is 0.194. The highest BCUT2D eigenvalue weighted by atomic mass is 79.9. The van der Waals surface area contributed by atoms with E-state index in [0.29, 0.717) is 42.9 Å². The summed E-state index contributed by atoms with van der Waals surface area (Å²) < 4.78 is 6.54. The van der Waals surface area contributed by atoms with E-state index in [9.17, 15) is 14.9 Å². The van der Waals surface area contributed by atoms with E-state index in [1.807, 2.05) is 0 Å². The van der Waals surface area contributed by atoms with Gasteiger partial charge in [0.2, 0.25) is 0 Å². The molecule has 1 fully saturated rings. The first-order valence-electron chi connectivity index (χ1n) is 8.98. The van der Waals surface area contributed by atoms with E-state index in [1.54, 1.807) is 43.5 Å². The molecule has 0 spiro atoms. The topological polar surface area (TPSA) is 89.0 Å². The Morgan fingerprint density at radius 3 is 2.66 bits per heavy atom. The highest BCUT2D eigenvalue weighted by molar-refractivity contribution is 9.10. The molecule has 0 atom stereocenters. The Balaban J connectivity index is 1.61. The number of non-ortho nitro benzene ring substituents is 1. The number of hydrogen-bond donors (Lipinski definition) is 0. The second-order valence-electron chi connectivity index (χ2n) is 6.59. The van der Waals surface area contributed by atoms with Gasteiger partial charge in [-0.15, -0.1) is 0 Å². The Morgan fingerprint density at radius 2 is 1.94 bits per heavy atom. The van der Waals surface area contributed by atoms with Crippen LogP contribution in [0.5, 0.6) is 0 Å². The lowest BCUT2D eigenvalue weighted by molar-refractivity contribution is -0.384. The van der Waals surface area contributed by atoms with Gasteiger partial charge in [0, 0.05) is 35.3 Å². The van der Waals surface area contributed by atoms with Gasteiger partial charge in [0.15, 0.2) is 5.17 Å². The van der Waals surface area contributed by atoms with Crippen LogP contribution in [0.15, 0.2) is 67.3 Å². The minimum absolute atomic E-state index is 0.0993. The van der Waals surface area contributed by atoms with E-state index in [1.165, 1.54) is 34.9 Å². The maximum atomic E-state index is 12.7. The fraction of sp³-hybridized carbons (Fsp3) is 0.0476. The Kier molecular flexibility index (Phi) is 6.43. The third-order valence-corrected chi connectivity index (χ3v) is 7.08. The Morgan fingerprint density at radius 1 is 1.16 bits per heavy atom. The molecule has 11 heteroatoms. The van der Waals surface area contributed by atoms with E-state index in [-0.39, 0.29) is 11.6 Å². The number of benzene rings is 2. The number of nitro groups is 1. The number of rotatable bonds is 4. The molecular weight excluding hydrogens is 541 g/mol. The van der Waals surface area contributed by atoms with Crippen molar-refractivity contribution in [1.29, 1.82) is 0 Å². The number of amides is 1. The fourth-order valence-electron chi connectivity index (χ4n) is 2.84. The molecule has 0 bridgehead atoms. The Labute approximate surface area is 205 Å². The second-order valence-corrected chi connectivity index (χ2v) is 9.27. The van der Waals surface area contributed by atoms with Crippen molar-refractivity contribution in [1.82, 2.24) is 4.90 Å². The first-order chi connectivity index (χ1) is 15.2. The van der Waals surface area contributed by atoms with Crippen LogP contribution in [0.3, 0.4) is 0 Å². The lowest BCUT2D eigenvalue weighted by Gasteiger charge is -2.07. The van der Waals surface area contributed by atoms with Crippen LogP contribution in [0.4, 0.5) is 11.4 Å². The van der Waals surface area contributed by atoms with Crippen molar-refractivity contribution >= 4 is 79.4 Å². The molecule has 1 saturated heterocycles. The van der Waals surface area contributed by atoms with Gasteiger partial charge in [-0.2, -0.15) is 0 Å². The average molecular weight is 553 g/mol. The molecule has 0 unspecified atom stereocenters. The molecule has 0 saturated carbocycles. The molecule has 1 aromatic heterocycles. The van der Waals surface area contributed by atoms with E-state index >= 15 is 0 Å². The summed E-state index contributed by atoms with van der Waals surface area (Å²) in [6, 6.07) is 12.7. The number of carbonyl (C=O) groups is 1. The van der Waals surface area contributed by atoms with Gasteiger partial charge >= 0.3 is 0 Å². The van der Waals surface area contributed by atoms with Crippen LogP contribution >= 0.6 is 50.9 Å². The molecule has 3 aromatic rings. The number of hydrogen-bond acceptors (Lipinski definition) is 6. The molecule has 162 valence electrons. The maximum Gasteiger partial charge on any atom is 0.270 e. The van der Waals surface area contributed by atoms with Crippen molar-refractivity contribution in [3.8, 4) is 11.3 Å². The number of likely N-dealkylation sites (N-methyl/N-ethyl adjacent to an activating group) is 1. The summed E-state index contributed by atoms with van der Waals surface area (Å²) in [6.07, 6.45) is 1.59. The first-order valence-corrected chi connectivity index (χ1v) is 11.3. The van der Waals surface area contributed by atoms with Crippen LogP contribution in [0.25, 0.3) is 17.4 Å². The van der Waals surface area contributed by atoms with Crippen LogP contribution in [-0.2, 0) is 4.79 Å². The minimum atomic E-state index is -0.505. The fourth-order valence-corrected chi connectivity index (χ4v) is 4.44. The maximum absolute atomic E-state index is 12.7. The Hall–Kier alpha value is -2.59. The van der Waals surface area contributed by atoms with Crippen LogP contribution in [0.1, 0.15) is 5.76 Å². The predicted octanol–water partition coefficient (Wildman–Crippen LogP) is 7.16. The molecule has 7 nitrogen and oxygen atoms in total. The molecule has 1 amide bonds. The normalized spacial score (nSPS) is 16.4. The molecule has 2 heterocycles. The smallest absolute Gasteiger partial charge is 0.270 e. The third kappa shape index (κ3) is 4.61. The van der Waals surface area contributed by atoms with Crippen LogP contribution < -0.4 is 0 Å². The number of thioether (sulfide) groups is 1. The van der Waals surface area contributed by atoms with Gasteiger partial charge < -0.3 is 4.42 Å². The molecular formula is C21H12BrCl2N3O4S. The highest BCUT2D eigenvalue weighted by Crippen LogP contribution is 2.37. The summed E-state index contributed by atoms with van der Waals surface area (Å²) in [5, 5.41) is 12.4. The summed E-state index contributed by atoms with van der Waals surface area (Å²) >= 11 is 16.8. The monoisotopic (exact) mass is 551 g/mol. The summed E-state index contributed by atoms with van der Waals surface area (Å²) in [6.45, 7) is 0. The van der Waals surface area contributed by atoms with Gasteiger partial charge in [-0.05, 0) is 64.1 Å². The zero-order valence-corrected chi connectivity index (χ0v) is 20.1. The molecule has 4 rings (SSSR count). The molecule has 1 aliphatic heterocycles. The van der Waals surface area contributed by atoms with Crippen LogP contribution in [-0.4, -0.2) is 27.9 Å². The number of halogens is 3. The van der Waals surface area contributed by atoms with Gasteiger partial charge in [-0.25, -0.2) is 4.99 Å². The van der Waals surface area contributed by atoms with Gasteiger partial charge in [0.1, 0.15) is 11.5 Å². The summed E-state index contributed by atoms with van der Waals surface area (Å²) in [5.74, 6) is 0.524. The first kappa shape index (κ1) is 22.6. The number of amidine groups is 1. The highest BCUT2D eigenvalue weighted by Gasteiger charge is 2.30. The lowest BCUT2D eigenvalue weighted by atomic mass is 10.1. The standard InChI is InChI=1S/C21H12BrCl2N3O4S/c1-26-20(28)19(32-21(26)25-11-2-5-15(22)17(24)8-11)10-13-4-7-18(31-13)14-9-12(27(29)30)3-6-16(14)23/h2-10H,1H3/b19-10-,25-21?. The number of carbonyl (C=O) groups excluding carboxylic acids is 1. The van der Waals surface area contributed by atoms with E-state index in [4.69, 9.17) is 27.6 Å². The van der Waals surface area contributed by atoms with Crippen molar-refractivity contribution in [3.05, 3.63) is 83.8 Å². The minimum Gasteiger partial charge on any atom is -0.457 e.